The van der Waals surface area contributed by atoms with Crippen LogP contribution < -0.4 is 0 Å². The Morgan fingerprint density at radius 2 is 1.60 bits per heavy atom. The van der Waals surface area contributed by atoms with E-state index in [-0.39, 0.29) is 0 Å². The fraction of sp³-hybridized carbons (Fsp3) is 0.400. The van der Waals surface area contributed by atoms with E-state index in [0.717, 1.165) is 12.8 Å². The standard InChI is InChI=1S/C10H13/c1-3-9-6-5-7-10(4-2)8-9/h5-7H,3-4H2,1-2H3/q-1. The second kappa shape index (κ2) is 3.40. The number of benzene rings is 1. The summed E-state index contributed by atoms with van der Waals surface area (Å²) in [6, 6.07) is 9.70. The van der Waals surface area contributed by atoms with Crippen LogP contribution in [0.4, 0.5) is 0 Å². The van der Waals surface area contributed by atoms with Gasteiger partial charge in [-0.05, 0) is 0 Å². The Labute approximate surface area is 62.9 Å². The quantitative estimate of drug-likeness (QED) is 0.544. The van der Waals surface area contributed by atoms with Gasteiger partial charge in [0, 0.05) is 0 Å². The Bertz CT molecular complexity index is 182. The Morgan fingerprint density at radius 1 is 1.10 bits per heavy atom. The third-order valence-corrected chi connectivity index (χ3v) is 1.68. The summed E-state index contributed by atoms with van der Waals surface area (Å²) in [5.74, 6) is 0. The van der Waals surface area contributed by atoms with Gasteiger partial charge in [-0.3, -0.25) is 0 Å². The molecule has 1 aromatic rings. The first-order valence-corrected chi connectivity index (χ1v) is 3.87. The van der Waals surface area contributed by atoms with Gasteiger partial charge in [0.1, 0.15) is 0 Å². The summed E-state index contributed by atoms with van der Waals surface area (Å²) in [6.07, 6.45) is 2.18. The van der Waals surface area contributed by atoms with Crippen LogP contribution in [0.25, 0.3) is 0 Å². The molecule has 0 aliphatic rings. The second-order valence-electron chi connectivity index (χ2n) is 2.41. The van der Waals surface area contributed by atoms with E-state index >= 15 is 0 Å². The molecule has 0 aliphatic heterocycles. The van der Waals surface area contributed by atoms with Gasteiger partial charge in [0.05, 0.1) is 0 Å². The molecule has 0 atom stereocenters. The van der Waals surface area contributed by atoms with E-state index in [2.05, 4.69) is 38.1 Å². The first kappa shape index (κ1) is 7.33. The molecule has 0 saturated heterocycles. The topological polar surface area (TPSA) is 0 Å². The molecule has 0 unspecified atom stereocenters. The second-order valence-corrected chi connectivity index (χ2v) is 2.41. The van der Waals surface area contributed by atoms with Crippen molar-refractivity contribution < 1.29 is 0 Å². The molecule has 1 aromatic carbocycles. The van der Waals surface area contributed by atoms with Crippen LogP contribution in [0.1, 0.15) is 25.0 Å². The molecule has 0 bridgehead atoms. The zero-order chi connectivity index (χ0) is 7.40. The van der Waals surface area contributed by atoms with Crippen LogP contribution in [0.3, 0.4) is 0 Å². The Hall–Kier alpha value is -0.780. The lowest BCUT2D eigenvalue weighted by Gasteiger charge is -2.07. The summed E-state index contributed by atoms with van der Waals surface area (Å²) < 4.78 is 0. The summed E-state index contributed by atoms with van der Waals surface area (Å²) in [7, 11) is 0. The SMILES string of the molecule is CCc1[c-]c(CC)ccc1. The average Bonchev–Trinajstić information content (AvgIpc) is 2.05. The lowest BCUT2D eigenvalue weighted by molar-refractivity contribution is 1.08. The molecule has 0 aromatic heterocycles. The first-order chi connectivity index (χ1) is 4.86. The molecule has 0 heterocycles. The van der Waals surface area contributed by atoms with Crippen LogP contribution in [0, 0.1) is 6.07 Å². The van der Waals surface area contributed by atoms with Crippen LogP contribution >= 0.6 is 0 Å². The highest BCUT2D eigenvalue weighted by Gasteiger charge is 1.80. The van der Waals surface area contributed by atoms with Gasteiger partial charge in [0.2, 0.25) is 0 Å². The first-order valence-electron chi connectivity index (χ1n) is 3.87. The van der Waals surface area contributed by atoms with Crippen LogP contribution in [-0.4, -0.2) is 0 Å². The molecule has 10 heavy (non-hydrogen) atoms. The number of rotatable bonds is 2. The van der Waals surface area contributed by atoms with Crippen LogP contribution in [0.2, 0.25) is 0 Å². The Kier molecular flexibility index (Phi) is 2.49. The van der Waals surface area contributed by atoms with Crippen LogP contribution in [0.15, 0.2) is 18.2 Å². The van der Waals surface area contributed by atoms with Crippen molar-refractivity contribution in [2.24, 2.45) is 0 Å². The summed E-state index contributed by atoms with van der Waals surface area (Å²) in [5, 5.41) is 0. The van der Waals surface area contributed by atoms with Gasteiger partial charge in [0.25, 0.3) is 0 Å². The minimum atomic E-state index is 1.09. The predicted octanol–water partition coefficient (Wildman–Crippen LogP) is 2.61. The molecular formula is C10H13-. The number of aryl methyl sites for hydroxylation is 2. The van der Waals surface area contributed by atoms with Gasteiger partial charge in [-0.25, -0.2) is 0 Å². The van der Waals surface area contributed by atoms with E-state index in [4.69, 9.17) is 0 Å². The fourth-order valence-electron chi connectivity index (χ4n) is 0.982. The van der Waals surface area contributed by atoms with Crippen molar-refractivity contribution in [3.05, 3.63) is 35.4 Å². The smallest absolute Gasteiger partial charge is 0.0538 e. The maximum absolute atomic E-state index is 3.34. The number of hydrogen-bond acceptors (Lipinski definition) is 0. The highest BCUT2D eigenvalue weighted by atomic mass is 13.9. The normalized spacial score (nSPS) is 9.80. The molecule has 0 spiro atoms. The van der Waals surface area contributed by atoms with Crippen molar-refractivity contribution >= 4 is 0 Å². The Morgan fingerprint density at radius 3 is 2.00 bits per heavy atom. The molecule has 0 nitrogen and oxygen atoms in total. The molecule has 54 valence electrons. The molecule has 0 N–H and O–H groups in total. The van der Waals surface area contributed by atoms with Gasteiger partial charge < -0.3 is 0 Å². The van der Waals surface area contributed by atoms with Crippen LogP contribution in [-0.2, 0) is 12.8 Å². The minimum absolute atomic E-state index is 1.09. The molecule has 0 saturated carbocycles. The molecule has 0 radical (unpaired) electrons. The monoisotopic (exact) mass is 133 g/mol. The minimum Gasteiger partial charge on any atom is -0.177 e. The summed E-state index contributed by atoms with van der Waals surface area (Å²) in [5.41, 5.74) is 2.64. The maximum Gasteiger partial charge on any atom is -0.0538 e. The van der Waals surface area contributed by atoms with E-state index in [1.165, 1.54) is 11.1 Å². The predicted molar refractivity (Wildman–Crippen MR) is 44.0 cm³/mol. The lowest BCUT2D eigenvalue weighted by Crippen LogP contribution is -1.84. The summed E-state index contributed by atoms with van der Waals surface area (Å²) >= 11 is 0. The highest BCUT2D eigenvalue weighted by molar-refractivity contribution is 5.21. The van der Waals surface area contributed by atoms with Crippen molar-refractivity contribution in [3.8, 4) is 0 Å². The number of hydrogen-bond donors (Lipinski definition) is 0. The molecule has 0 amide bonds. The van der Waals surface area contributed by atoms with Gasteiger partial charge in [-0.2, -0.15) is 35.4 Å². The van der Waals surface area contributed by atoms with E-state index in [9.17, 15) is 0 Å². The summed E-state index contributed by atoms with van der Waals surface area (Å²) in [6.45, 7) is 4.32. The van der Waals surface area contributed by atoms with E-state index in [1.807, 2.05) is 0 Å². The third-order valence-electron chi connectivity index (χ3n) is 1.68. The van der Waals surface area contributed by atoms with E-state index in [1.54, 1.807) is 0 Å². The molecule has 1 rings (SSSR count). The van der Waals surface area contributed by atoms with E-state index < -0.39 is 0 Å². The van der Waals surface area contributed by atoms with Gasteiger partial charge >= 0.3 is 0 Å². The lowest BCUT2D eigenvalue weighted by atomic mass is 10.1. The van der Waals surface area contributed by atoms with Crippen molar-refractivity contribution in [2.75, 3.05) is 0 Å². The van der Waals surface area contributed by atoms with E-state index in [0.29, 0.717) is 0 Å². The zero-order valence-electron chi connectivity index (χ0n) is 6.65. The third kappa shape index (κ3) is 1.60. The average molecular weight is 133 g/mol. The van der Waals surface area contributed by atoms with Crippen molar-refractivity contribution in [1.29, 1.82) is 0 Å². The van der Waals surface area contributed by atoms with Crippen LogP contribution in [0.5, 0.6) is 0 Å². The fourth-order valence-corrected chi connectivity index (χ4v) is 0.982. The largest absolute Gasteiger partial charge is 0.177 e. The molecule has 0 heteroatoms. The van der Waals surface area contributed by atoms with Crippen molar-refractivity contribution in [1.82, 2.24) is 0 Å². The molecule has 0 fully saturated rings. The zero-order valence-corrected chi connectivity index (χ0v) is 6.65. The van der Waals surface area contributed by atoms with Crippen molar-refractivity contribution in [2.45, 2.75) is 26.7 Å². The van der Waals surface area contributed by atoms with Gasteiger partial charge in [-0.1, -0.05) is 26.7 Å². The summed E-state index contributed by atoms with van der Waals surface area (Å²) in [4.78, 5) is 0. The van der Waals surface area contributed by atoms with Gasteiger partial charge in [0.15, 0.2) is 0 Å². The Balaban J connectivity index is 2.87. The molecular weight excluding hydrogens is 120 g/mol. The molecule has 0 aliphatic carbocycles. The highest BCUT2D eigenvalue weighted by Crippen LogP contribution is 2.04. The maximum atomic E-state index is 3.34. The van der Waals surface area contributed by atoms with Gasteiger partial charge in [-0.15, -0.1) is 0 Å². The van der Waals surface area contributed by atoms with Crippen molar-refractivity contribution in [3.63, 3.8) is 0 Å².